The van der Waals surface area contributed by atoms with E-state index in [4.69, 9.17) is 14.5 Å². The van der Waals surface area contributed by atoms with Crippen molar-refractivity contribution in [2.75, 3.05) is 54.0 Å². The second-order valence-corrected chi connectivity index (χ2v) is 19.6. The van der Waals surface area contributed by atoms with Gasteiger partial charge in [-0.1, -0.05) is 40.3 Å². The van der Waals surface area contributed by atoms with Gasteiger partial charge in [0.15, 0.2) is 0 Å². The van der Waals surface area contributed by atoms with Crippen LogP contribution >= 0.6 is 11.3 Å². The molecule has 3 amide bonds. The van der Waals surface area contributed by atoms with E-state index < -0.39 is 36.3 Å². The topological polar surface area (TPSA) is 168 Å². The SMILES string of the molecule is C=CC(=O)N1CCC(C=O)C1.COC(C)c1ncccc1-c1c(CC(C)(C)COC=O)c2cc(-c3csc(CC(NC(=O)C(C(C)C)N(C)C)C(=O)N4CCCCN4)n3)ccc2n1CC(F)(F)F. The minimum Gasteiger partial charge on any atom is -0.467 e. The highest BCUT2D eigenvalue weighted by molar-refractivity contribution is 7.10. The maximum Gasteiger partial charge on any atom is 0.406 e. The number of nitrogens with one attached hydrogen (secondary N) is 2. The number of pyridine rings is 1. The molecule has 2 aliphatic heterocycles. The van der Waals surface area contributed by atoms with E-state index in [9.17, 15) is 37.1 Å². The van der Waals surface area contributed by atoms with E-state index in [0.717, 1.165) is 25.5 Å². The number of hydrazine groups is 1. The van der Waals surface area contributed by atoms with Gasteiger partial charge >= 0.3 is 6.18 Å². The molecule has 2 N–H and O–H groups in total. The molecule has 370 valence electrons. The minimum atomic E-state index is -4.55. The first-order chi connectivity index (χ1) is 32.2. The Morgan fingerprint density at radius 1 is 1.10 bits per heavy atom. The van der Waals surface area contributed by atoms with Crippen molar-refractivity contribution in [3.8, 4) is 22.5 Å². The van der Waals surface area contributed by atoms with Gasteiger partial charge in [0.1, 0.15) is 18.9 Å². The van der Waals surface area contributed by atoms with Gasteiger partial charge in [0, 0.05) is 84.6 Å². The first-order valence-electron chi connectivity index (χ1n) is 22.8. The lowest BCUT2D eigenvalue weighted by atomic mass is 9.84. The lowest BCUT2D eigenvalue weighted by Gasteiger charge is -2.33. The second-order valence-electron chi connectivity index (χ2n) is 18.6. The predicted molar refractivity (Wildman–Crippen MR) is 255 cm³/mol. The van der Waals surface area contributed by atoms with E-state index in [-0.39, 0.29) is 49.0 Å². The van der Waals surface area contributed by atoms with E-state index in [1.165, 1.54) is 29.1 Å². The lowest BCUT2D eigenvalue weighted by Crippen LogP contribution is -2.58. The highest BCUT2D eigenvalue weighted by atomic mass is 32.1. The molecular weight excluding hydrogens is 902 g/mol. The Kier molecular flexibility index (Phi) is 18.6. The zero-order chi connectivity index (χ0) is 49.9. The number of thiazole rings is 1. The highest BCUT2D eigenvalue weighted by Gasteiger charge is 2.36. The third kappa shape index (κ3) is 13.6. The monoisotopic (exact) mass is 966 g/mol. The van der Waals surface area contributed by atoms with Crippen LogP contribution in [0, 0.1) is 17.3 Å². The fourth-order valence-electron chi connectivity index (χ4n) is 8.85. The second kappa shape index (κ2) is 23.7. The van der Waals surface area contributed by atoms with E-state index in [1.54, 1.807) is 47.3 Å². The molecule has 4 aromatic rings. The molecule has 2 fully saturated rings. The summed E-state index contributed by atoms with van der Waals surface area (Å²) in [7, 11) is 5.18. The van der Waals surface area contributed by atoms with Crippen LogP contribution in [0.25, 0.3) is 33.4 Å². The molecule has 2 saturated heterocycles. The summed E-state index contributed by atoms with van der Waals surface area (Å²) in [5.74, 6) is -0.534. The smallest absolute Gasteiger partial charge is 0.406 e. The van der Waals surface area contributed by atoms with Crippen LogP contribution in [0.4, 0.5) is 13.2 Å². The van der Waals surface area contributed by atoms with Crippen LogP contribution in [-0.2, 0) is 52.8 Å². The summed E-state index contributed by atoms with van der Waals surface area (Å²) in [6.07, 6.45) is 1.70. The highest BCUT2D eigenvalue weighted by Crippen LogP contribution is 2.43. The Morgan fingerprint density at radius 2 is 1.85 bits per heavy atom. The molecule has 0 saturated carbocycles. The molecule has 3 aromatic heterocycles. The molecular formula is C49H65F3N8O7S. The molecule has 5 heterocycles. The number of aldehydes is 1. The largest absolute Gasteiger partial charge is 0.467 e. The number of aromatic nitrogens is 3. The summed E-state index contributed by atoms with van der Waals surface area (Å²) < 4.78 is 55.4. The zero-order valence-corrected chi connectivity index (χ0v) is 41.0. The zero-order valence-electron chi connectivity index (χ0n) is 40.2. The molecule has 4 unspecified atom stereocenters. The molecule has 2 aliphatic rings. The molecule has 15 nitrogen and oxygen atoms in total. The number of likely N-dealkylation sites (N-methyl/N-ethyl adjacent to an activating group) is 1. The van der Waals surface area contributed by atoms with Gasteiger partial charge in [-0.2, -0.15) is 13.2 Å². The van der Waals surface area contributed by atoms with Gasteiger partial charge in [0.25, 0.3) is 12.4 Å². The van der Waals surface area contributed by atoms with Crippen molar-refractivity contribution < 1.29 is 46.6 Å². The average molecular weight is 967 g/mol. The van der Waals surface area contributed by atoms with Crippen LogP contribution in [-0.4, -0.2) is 132 Å². The number of hydrogen-bond acceptors (Lipinski definition) is 12. The number of halogens is 3. The van der Waals surface area contributed by atoms with Crippen molar-refractivity contribution in [3.63, 3.8) is 0 Å². The van der Waals surface area contributed by atoms with E-state index in [0.29, 0.717) is 82.3 Å². The number of rotatable bonds is 19. The number of alkyl halides is 3. The maximum absolute atomic E-state index is 14.4. The van der Waals surface area contributed by atoms with Gasteiger partial charge in [0.05, 0.1) is 40.8 Å². The van der Waals surface area contributed by atoms with Crippen LogP contribution in [0.2, 0.25) is 0 Å². The number of likely N-dealkylation sites (tertiary alicyclic amines) is 1. The number of methoxy groups -OCH3 is 1. The van der Waals surface area contributed by atoms with Gasteiger partial charge in [-0.15, -0.1) is 11.3 Å². The average Bonchev–Trinajstić information content (AvgIpc) is 4.05. The Balaban J connectivity index is 0.000000689. The van der Waals surface area contributed by atoms with Crippen molar-refractivity contribution in [1.29, 1.82) is 0 Å². The quantitative estimate of drug-likeness (QED) is 0.0750. The summed E-state index contributed by atoms with van der Waals surface area (Å²) in [5.41, 5.74) is 6.07. The van der Waals surface area contributed by atoms with E-state index in [2.05, 4.69) is 22.3 Å². The Labute approximate surface area is 400 Å². The fourth-order valence-corrected chi connectivity index (χ4v) is 9.70. The Bertz CT molecular complexity index is 2390. The molecule has 0 spiro atoms. The molecule has 68 heavy (non-hydrogen) atoms. The molecule has 19 heteroatoms. The lowest BCUT2D eigenvalue weighted by molar-refractivity contribution is -0.141. The summed E-state index contributed by atoms with van der Waals surface area (Å²) >= 11 is 1.34. The van der Waals surface area contributed by atoms with Crippen molar-refractivity contribution in [2.45, 2.75) is 97.6 Å². The van der Waals surface area contributed by atoms with Crippen molar-refractivity contribution in [3.05, 3.63) is 70.8 Å². The standard InChI is InChI=1S/C41H54F3N7O5S.C8H11NO2/c1-25(2)36(49(6)7)38(53)48-31(39(54)51-17-10-9-16-46-51)19-34-47-32(21-57-34)27-13-14-33-29(18-27)30(20-40(4,5)23-56-24-52)37(50(33)22-41(42,43)44)28-12-11-15-45-35(28)26(3)55-8;1-2-8(11)9-4-3-7(5-9)6-10/h11-15,18,21,24-26,31,36,46H,9-10,16-17,19-20,22-23H2,1-8H3,(H,48,53);2,6-7H,1,3-5H2. The first-order valence-corrected chi connectivity index (χ1v) is 23.7. The molecule has 0 aliphatic carbocycles. The molecule has 0 radical (unpaired) electrons. The van der Waals surface area contributed by atoms with Crippen LogP contribution < -0.4 is 10.7 Å². The number of benzene rings is 1. The third-order valence-electron chi connectivity index (χ3n) is 12.1. The number of nitrogens with zero attached hydrogens (tertiary/aromatic N) is 6. The Morgan fingerprint density at radius 3 is 2.46 bits per heavy atom. The molecule has 4 atom stereocenters. The van der Waals surface area contributed by atoms with Crippen molar-refractivity contribution in [2.24, 2.45) is 17.3 Å². The fraction of sp³-hybridized carbons (Fsp3) is 0.531. The normalized spacial score (nSPS) is 16.8. The number of carbonyl (C=O) groups excluding carboxylic acids is 5. The maximum atomic E-state index is 14.4. The van der Waals surface area contributed by atoms with E-state index >= 15 is 0 Å². The summed E-state index contributed by atoms with van der Waals surface area (Å²) in [5, 5.41) is 7.64. The number of carbonyl (C=O) groups is 5. The van der Waals surface area contributed by atoms with Gasteiger partial charge in [-0.3, -0.25) is 34.1 Å². The Hall–Kier alpha value is -5.50. The number of ether oxygens (including phenoxy) is 2. The number of hydrogen-bond donors (Lipinski definition) is 2. The van der Waals surface area contributed by atoms with Gasteiger partial charge in [-0.05, 0) is 88.5 Å². The van der Waals surface area contributed by atoms with E-state index in [1.807, 2.05) is 58.1 Å². The van der Waals surface area contributed by atoms with Crippen molar-refractivity contribution in [1.82, 2.24) is 40.1 Å². The van der Waals surface area contributed by atoms with Gasteiger partial charge in [0.2, 0.25) is 11.8 Å². The van der Waals surface area contributed by atoms with Gasteiger partial charge in [-0.25, -0.2) is 10.4 Å². The van der Waals surface area contributed by atoms with Crippen LogP contribution in [0.1, 0.15) is 76.3 Å². The molecule has 0 bridgehead atoms. The van der Waals surface area contributed by atoms with Gasteiger partial charge < -0.3 is 29.1 Å². The first kappa shape index (κ1) is 53.5. The summed E-state index contributed by atoms with van der Waals surface area (Å²) in [6.45, 7) is 14.5. The van der Waals surface area contributed by atoms with Crippen LogP contribution in [0.15, 0.2) is 54.6 Å². The summed E-state index contributed by atoms with van der Waals surface area (Å²) in [4.78, 5) is 72.9. The number of fused-ring (bicyclic) bond motifs is 1. The predicted octanol–water partition coefficient (Wildman–Crippen LogP) is 6.80. The van der Waals surface area contributed by atoms with Crippen LogP contribution in [0.5, 0.6) is 0 Å². The number of amides is 3. The molecule has 1 aromatic carbocycles. The summed E-state index contributed by atoms with van der Waals surface area (Å²) in [6, 6.07) is 7.38. The van der Waals surface area contributed by atoms with Crippen LogP contribution in [0.3, 0.4) is 0 Å². The minimum absolute atomic E-state index is 0.00195. The molecule has 6 rings (SSSR count). The van der Waals surface area contributed by atoms with Crippen molar-refractivity contribution >= 4 is 52.7 Å². The third-order valence-corrected chi connectivity index (χ3v) is 13.0.